The third-order valence-electron chi connectivity index (χ3n) is 4.69. The molecule has 0 fully saturated rings. The molecule has 5 heteroatoms. The summed E-state index contributed by atoms with van der Waals surface area (Å²) in [5.41, 5.74) is 3.29. The molecule has 3 rings (SSSR count). The Morgan fingerprint density at radius 3 is 2.20 bits per heavy atom. The lowest BCUT2D eigenvalue weighted by atomic mass is 10.1. The Hall–Kier alpha value is -3.60. The van der Waals surface area contributed by atoms with Gasteiger partial charge in [-0.25, -0.2) is 0 Å². The lowest BCUT2D eigenvalue weighted by molar-refractivity contribution is -0.122. The van der Waals surface area contributed by atoms with Gasteiger partial charge in [-0.1, -0.05) is 55.5 Å². The highest BCUT2D eigenvalue weighted by molar-refractivity contribution is 5.98. The van der Waals surface area contributed by atoms with E-state index in [4.69, 9.17) is 4.74 Å². The van der Waals surface area contributed by atoms with Crippen LogP contribution in [-0.4, -0.2) is 36.9 Å². The number of hydrogen-bond acceptors (Lipinski definition) is 3. The van der Waals surface area contributed by atoms with Gasteiger partial charge in [-0.3, -0.25) is 9.59 Å². The molecule has 0 spiro atoms. The number of carbonyl (C=O) groups is 2. The lowest BCUT2D eigenvalue weighted by Crippen LogP contribution is -2.32. The molecule has 5 nitrogen and oxygen atoms in total. The Bertz CT molecular complexity index is 998. The molecule has 0 saturated heterocycles. The fourth-order valence-electron chi connectivity index (χ4n) is 3.05. The van der Waals surface area contributed by atoms with Crippen molar-refractivity contribution in [3.05, 3.63) is 84.4 Å². The van der Waals surface area contributed by atoms with E-state index in [0.29, 0.717) is 23.4 Å². The van der Waals surface area contributed by atoms with Gasteiger partial charge in [-0.05, 0) is 47.9 Å². The van der Waals surface area contributed by atoms with Crippen LogP contribution in [0.2, 0.25) is 0 Å². The number of nitrogens with zero attached hydrogens (tertiary/aromatic N) is 1. The van der Waals surface area contributed by atoms with E-state index in [1.807, 2.05) is 61.5 Å². The first-order chi connectivity index (χ1) is 14.5. The smallest absolute Gasteiger partial charge is 0.265 e. The molecule has 1 unspecified atom stereocenters. The van der Waals surface area contributed by atoms with Crippen molar-refractivity contribution in [2.75, 3.05) is 19.4 Å². The second kappa shape index (κ2) is 9.74. The standard InChI is InChI=1S/C25H26N2O3/c1-4-23(24(28)26-21-12-8-11-20(17-21)25(29)27(2)3)30-22-15-13-19(14-16-22)18-9-6-5-7-10-18/h5-17,23H,4H2,1-3H3,(H,26,28). The predicted molar refractivity (Wildman–Crippen MR) is 120 cm³/mol. The first-order valence-corrected chi connectivity index (χ1v) is 9.92. The van der Waals surface area contributed by atoms with Crippen molar-refractivity contribution in [1.29, 1.82) is 0 Å². The van der Waals surface area contributed by atoms with E-state index in [9.17, 15) is 9.59 Å². The van der Waals surface area contributed by atoms with Crippen LogP contribution in [0.5, 0.6) is 5.75 Å². The van der Waals surface area contributed by atoms with Crippen LogP contribution in [0.25, 0.3) is 11.1 Å². The number of benzene rings is 3. The average molecular weight is 402 g/mol. The van der Waals surface area contributed by atoms with Crippen LogP contribution >= 0.6 is 0 Å². The Morgan fingerprint density at radius 1 is 0.900 bits per heavy atom. The molecule has 0 radical (unpaired) electrons. The summed E-state index contributed by atoms with van der Waals surface area (Å²) in [6, 6.07) is 24.7. The molecule has 2 amide bonds. The zero-order chi connectivity index (χ0) is 21.5. The molecule has 0 bridgehead atoms. The fourth-order valence-corrected chi connectivity index (χ4v) is 3.05. The quantitative estimate of drug-likeness (QED) is 0.614. The van der Waals surface area contributed by atoms with Gasteiger partial charge in [0.1, 0.15) is 5.75 Å². The van der Waals surface area contributed by atoms with Gasteiger partial charge in [0.25, 0.3) is 11.8 Å². The van der Waals surface area contributed by atoms with Crippen LogP contribution < -0.4 is 10.1 Å². The highest BCUT2D eigenvalue weighted by Crippen LogP contribution is 2.23. The van der Waals surface area contributed by atoms with Gasteiger partial charge in [0.2, 0.25) is 0 Å². The fraction of sp³-hybridized carbons (Fsp3) is 0.200. The van der Waals surface area contributed by atoms with E-state index in [-0.39, 0.29) is 11.8 Å². The van der Waals surface area contributed by atoms with E-state index in [1.54, 1.807) is 38.4 Å². The second-order valence-corrected chi connectivity index (χ2v) is 7.17. The highest BCUT2D eigenvalue weighted by Gasteiger charge is 2.19. The van der Waals surface area contributed by atoms with Crippen LogP contribution in [0.3, 0.4) is 0 Å². The average Bonchev–Trinajstić information content (AvgIpc) is 2.78. The summed E-state index contributed by atoms with van der Waals surface area (Å²) in [4.78, 5) is 26.4. The third-order valence-corrected chi connectivity index (χ3v) is 4.69. The monoisotopic (exact) mass is 402 g/mol. The maximum absolute atomic E-state index is 12.7. The van der Waals surface area contributed by atoms with Crippen LogP contribution in [0, 0.1) is 0 Å². The molecule has 30 heavy (non-hydrogen) atoms. The predicted octanol–water partition coefficient (Wildman–Crippen LogP) is 4.85. The Morgan fingerprint density at radius 2 is 1.57 bits per heavy atom. The zero-order valence-corrected chi connectivity index (χ0v) is 17.5. The molecular formula is C25H26N2O3. The van der Waals surface area contributed by atoms with E-state index < -0.39 is 6.10 Å². The molecule has 0 saturated carbocycles. The third kappa shape index (κ3) is 5.26. The van der Waals surface area contributed by atoms with E-state index >= 15 is 0 Å². The van der Waals surface area contributed by atoms with E-state index in [2.05, 4.69) is 5.32 Å². The number of rotatable bonds is 7. The largest absolute Gasteiger partial charge is 0.481 e. The number of anilines is 1. The molecular weight excluding hydrogens is 376 g/mol. The second-order valence-electron chi connectivity index (χ2n) is 7.17. The van der Waals surface area contributed by atoms with Crippen molar-refractivity contribution >= 4 is 17.5 Å². The zero-order valence-electron chi connectivity index (χ0n) is 17.5. The molecule has 0 aromatic heterocycles. The maximum atomic E-state index is 12.7. The maximum Gasteiger partial charge on any atom is 0.265 e. The van der Waals surface area contributed by atoms with Crippen molar-refractivity contribution in [3.63, 3.8) is 0 Å². The summed E-state index contributed by atoms with van der Waals surface area (Å²) in [5, 5.41) is 2.85. The van der Waals surface area contributed by atoms with Crippen molar-refractivity contribution in [1.82, 2.24) is 4.90 Å². The first-order valence-electron chi connectivity index (χ1n) is 9.92. The van der Waals surface area contributed by atoms with Gasteiger partial charge in [0.15, 0.2) is 6.10 Å². The molecule has 1 atom stereocenters. The molecule has 1 N–H and O–H groups in total. The van der Waals surface area contributed by atoms with Crippen molar-refractivity contribution < 1.29 is 14.3 Å². The van der Waals surface area contributed by atoms with Gasteiger partial charge < -0.3 is 15.0 Å². The summed E-state index contributed by atoms with van der Waals surface area (Å²) >= 11 is 0. The Balaban J connectivity index is 1.67. The summed E-state index contributed by atoms with van der Waals surface area (Å²) in [6.45, 7) is 1.90. The molecule has 0 heterocycles. The van der Waals surface area contributed by atoms with E-state index in [0.717, 1.165) is 11.1 Å². The minimum atomic E-state index is -0.638. The lowest BCUT2D eigenvalue weighted by Gasteiger charge is -2.18. The normalized spacial score (nSPS) is 11.4. The Labute approximate surface area is 177 Å². The first kappa shape index (κ1) is 21.1. The van der Waals surface area contributed by atoms with Crippen LogP contribution in [0.15, 0.2) is 78.9 Å². The summed E-state index contributed by atoms with van der Waals surface area (Å²) in [6.07, 6.45) is -0.122. The Kier molecular flexibility index (Phi) is 6.86. The van der Waals surface area contributed by atoms with Gasteiger partial charge >= 0.3 is 0 Å². The number of amides is 2. The summed E-state index contributed by atoms with van der Waals surface area (Å²) < 4.78 is 5.92. The van der Waals surface area contributed by atoms with Gasteiger partial charge in [-0.15, -0.1) is 0 Å². The number of ether oxygens (including phenoxy) is 1. The molecule has 0 aliphatic heterocycles. The highest BCUT2D eigenvalue weighted by atomic mass is 16.5. The van der Waals surface area contributed by atoms with Crippen LogP contribution in [0.1, 0.15) is 23.7 Å². The van der Waals surface area contributed by atoms with Gasteiger partial charge in [-0.2, -0.15) is 0 Å². The molecule has 3 aromatic rings. The topological polar surface area (TPSA) is 58.6 Å². The van der Waals surface area contributed by atoms with Crippen molar-refractivity contribution in [3.8, 4) is 16.9 Å². The number of nitrogens with one attached hydrogen (secondary N) is 1. The number of hydrogen-bond donors (Lipinski definition) is 1. The van der Waals surface area contributed by atoms with Crippen molar-refractivity contribution in [2.24, 2.45) is 0 Å². The molecule has 0 aliphatic carbocycles. The molecule has 3 aromatic carbocycles. The molecule has 154 valence electrons. The SMILES string of the molecule is CCC(Oc1ccc(-c2ccccc2)cc1)C(=O)Nc1cccc(C(=O)N(C)C)c1. The van der Waals surface area contributed by atoms with Crippen LogP contribution in [-0.2, 0) is 4.79 Å². The van der Waals surface area contributed by atoms with Crippen molar-refractivity contribution in [2.45, 2.75) is 19.4 Å². The van der Waals surface area contributed by atoms with Crippen LogP contribution in [0.4, 0.5) is 5.69 Å². The van der Waals surface area contributed by atoms with Gasteiger partial charge in [0, 0.05) is 25.3 Å². The number of carbonyl (C=O) groups excluding carboxylic acids is 2. The minimum Gasteiger partial charge on any atom is -0.481 e. The van der Waals surface area contributed by atoms with E-state index in [1.165, 1.54) is 4.90 Å². The summed E-state index contributed by atoms with van der Waals surface area (Å²) in [7, 11) is 3.38. The molecule has 0 aliphatic rings. The minimum absolute atomic E-state index is 0.118. The van der Waals surface area contributed by atoms with Gasteiger partial charge in [0.05, 0.1) is 0 Å². The summed E-state index contributed by atoms with van der Waals surface area (Å²) in [5.74, 6) is 0.264.